The molecule has 3 nitrogen and oxygen atoms in total. The van der Waals surface area contributed by atoms with E-state index in [0.717, 1.165) is 5.69 Å². The largest absolute Gasteiger partial charge is 0.354 e. The third-order valence-corrected chi connectivity index (χ3v) is 2.60. The number of carbonyl (C=O) groups excluding carboxylic acids is 1. The molecule has 0 bridgehead atoms. The summed E-state index contributed by atoms with van der Waals surface area (Å²) in [6.45, 7) is 0. The Labute approximate surface area is 106 Å². The first-order chi connectivity index (χ1) is 8.81. The van der Waals surface area contributed by atoms with E-state index < -0.39 is 6.23 Å². The van der Waals surface area contributed by atoms with E-state index >= 15 is 0 Å². The van der Waals surface area contributed by atoms with Crippen molar-refractivity contribution >= 4 is 11.5 Å². The van der Waals surface area contributed by atoms with Crippen LogP contribution in [0.25, 0.3) is 0 Å². The predicted octanol–water partition coefficient (Wildman–Crippen LogP) is 2.95. The van der Waals surface area contributed by atoms with E-state index in [4.69, 9.17) is 4.74 Å². The number of ketones is 1. The van der Waals surface area contributed by atoms with Crippen LogP contribution in [0.4, 0.5) is 5.69 Å². The Morgan fingerprint density at radius 2 is 1.56 bits per heavy atom. The second-order valence-electron chi connectivity index (χ2n) is 3.86. The van der Waals surface area contributed by atoms with Gasteiger partial charge in [0.05, 0.1) is 0 Å². The van der Waals surface area contributed by atoms with Crippen molar-refractivity contribution < 1.29 is 9.53 Å². The summed E-state index contributed by atoms with van der Waals surface area (Å²) < 4.78 is 5.21. The highest BCUT2D eigenvalue weighted by Crippen LogP contribution is 2.11. The minimum absolute atomic E-state index is 0.0815. The van der Waals surface area contributed by atoms with Gasteiger partial charge in [0.25, 0.3) is 0 Å². The Kier molecular flexibility index (Phi) is 4.10. The van der Waals surface area contributed by atoms with E-state index in [0.29, 0.717) is 5.56 Å². The maximum absolute atomic E-state index is 12.2. The lowest BCUT2D eigenvalue weighted by molar-refractivity contribution is 0.0677. The first-order valence-electron chi connectivity index (χ1n) is 5.75. The van der Waals surface area contributed by atoms with Gasteiger partial charge in [-0.25, -0.2) is 0 Å². The summed E-state index contributed by atoms with van der Waals surface area (Å²) in [6.07, 6.45) is -0.671. The van der Waals surface area contributed by atoms with Crippen LogP contribution in [0.3, 0.4) is 0 Å². The quantitative estimate of drug-likeness (QED) is 0.646. The summed E-state index contributed by atoms with van der Waals surface area (Å²) in [5.74, 6) is -0.0815. The first kappa shape index (κ1) is 12.3. The molecule has 0 radical (unpaired) electrons. The van der Waals surface area contributed by atoms with Crippen LogP contribution < -0.4 is 5.32 Å². The molecule has 2 aromatic rings. The van der Waals surface area contributed by atoms with Crippen LogP contribution in [0, 0.1) is 0 Å². The van der Waals surface area contributed by atoms with Crippen LogP contribution in [0.2, 0.25) is 0 Å². The Bertz CT molecular complexity index is 496. The van der Waals surface area contributed by atoms with Gasteiger partial charge in [0.1, 0.15) is 0 Å². The molecule has 18 heavy (non-hydrogen) atoms. The van der Waals surface area contributed by atoms with E-state index in [1.807, 2.05) is 48.5 Å². The zero-order valence-electron chi connectivity index (χ0n) is 10.2. The molecule has 1 N–H and O–H groups in total. The molecule has 1 atom stereocenters. The summed E-state index contributed by atoms with van der Waals surface area (Å²) in [5, 5.41) is 3.06. The molecule has 2 aromatic carbocycles. The van der Waals surface area contributed by atoms with Gasteiger partial charge in [0, 0.05) is 18.4 Å². The van der Waals surface area contributed by atoms with E-state index in [-0.39, 0.29) is 5.78 Å². The molecule has 3 heteroatoms. The number of ether oxygens (including phenoxy) is 1. The molecular weight excluding hydrogens is 226 g/mol. The van der Waals surface area contributed by atoms with Crippen LogP contribution in [-0.2, 0) is 4.74 Å². The Hall–Kier alpha value is -2.13. The molecule has 0 aliphatic carbocycles. The normalized spacial score (nSPS) is 11.8. The molecule has 2 rings (SSSR count). The third kappa shape index (κ3) is 2.96. The number of benzene rings is 2. The van der Waals surface area contributed by atoms with E-state index in [1.54, 1.807) is 12.1 Å². The number of hydrogen-bond donors (Lipinski definition) is 1. The van der Waals surface area contributed by atoms with E-state index in [2.05, 4.69) is 5.32 Å². The zero-order valence-corrected chi connectivity index (χ0v) is 10.2. The number of nitrogens with one attached hydrogen (secondary N) is 1. The van der Waals surface area contributed by atoms with Crippen LogP contribution in [0.1, 0.15) is 10.4 Å². The molecule has 0 aliphatic heterocycles. The van der Waals surface area contributed by atoms with E-state index in [9.17, 15) is 4.79 Å². The molecule has 0 saturated heterocycles. The van der Waals surface area contributed by atoms with Gasteiger partial charge in [0.2, 0.25) is 5.78 Å². The Morgan fingerprint density at radius 1 is 1.00 bits per heavy atom. The molecule has 0 aromatic heterocycles. The average molecular weight is 241 g/mol. The molecule has 0 heterocycles. The SMILES string of the molecule is COC(Nc1ccccc1)C(=O)c1ccccc1. The number of Topliss-reactive ketones (excluding diaryl/α,β-unsaturated/α-hetero) is 1. The van der Waals surface area contributed by atoms with Crippen LogP contribution >= 0.6 is 0 Å². The summed E-state index contributed by atoms with van der Waals surface area (Å²) in [7, 11) is 1.52. The summed E-state index contributed by atoms with van der Waals surface area (Å²) in [5.41, 5.74) is 1.49. The minimum Gasteiger partial charge on any atom is -0.354 e. The summed E-state index contributed by atoms with van der Waals surface area (Å²) in [6, 6.07) is 18.6. The Balaban J connectivity index is 2.12. The van der Waals surface area contributed by atoms with Gasteiger partial charge in [-0.15, -0.1) is 0 Å². The molecule has 0 spiro atoms. The van der Waals surface area contributed by atoms with Crippen molar-refractivity contribution in [2.75, 3.05) is 12.4 Å². The van der Waals surface area contributed by atoms with Gasteiger partial charge in [-0.05, 0) is 12.1 Å². The van der Waals surface area contributed by atoms with Crippen molar-refractivity contribution in [2.45, 2.75) is 6.23 Å². The van der Waals surface area contributed by atoms with Gasteiger partial charge in [-0.1, -0.05) is 48.5 Å². The van der Waals surface area contributed by atoms with Crippen molar-refractivity contribution in [3.05, 3.63) is 66.2 Å². The lowest BCUT2D eigenvalue weighted by atomic mass is 10.1. The third-order valence-electron chi connectivity index (χ3n) is 2.60. The molecule has 92 valence electrons. The molecular formula is C15H15NO2. The molecule has 0 amide bonds. The molecule has 0 saturated carbocycles. The fraction of sp³-hybridized carbons (Fsp3) is 0.133. The van der Waals surface area contributed by atoms with Gasteiger partial charge in [-0.2, -0.15) is 0 Å². The zero-order chi connectivity index (χ0) is 12.8. The smallest absolute Gasteiger partial charge is 0.211 e. The fourth-order valence-corrected chi connectivity index (χ4v) is 1.67. The van der Waals surface area contributed by atoms with Gasteiger partial charge in [0.15, 0.2) is 6.23 Å². The van der Waals surface area contributed by atoms with E-state index in [1.165, 1.54) is 7.11 Å². The number of methoxy groups -OCH3 is 1. The highest BCUT2D eigenvalue weighted by atomic mass is 16.5. The predicted molar refractivity (Wildman–Crippen MR) is 71.6 cm³/mol. The topological polar surface area (TPSA) is 38.3 Å². The average Bonchev–Trinajstić information content (AvgIpc) is 2.46. The van der Waals surface area contributed by atoms with Crippen LogP contribution in [0.15, 0.2) is 60.7 Å². The lowest BCUT2D eigenvalue weighted by Crippen LogP contribution is -2.31. The molecule has 0 fully saturated rings. The number of anilines is 1. The van der Waals surface area contributed by atoms with Crippen molar-refractivity contribution in [3.8, 4) is 0 Å². The first-order valence-corrected chi connectivity index (χ1v) is 5.75. The highest BCUT2D eigenvalue weighted by molar-refractivity contribution is 6.00. The van der Waals surface area contributed by atoms with Crippen molar-refractivity contribution in [3.63, 3.8) is 0 Å². The van der Waals surface area contributed by atoms with Gasteiger partial charge in [-0.3, -0.25) is 4.79 Å². The van der Waals surface area contributed by atoms with Crippen LogP contribution in [-0.4, -0.2) is 19.1 Å². The maximum Gasteiger partial charge on any atom is 0.211 e. The summed E-state index contributed by atoms with van der Waals surface area (Å²) in [4.78, 5) is 12.2. The monoisotopic (exact) mass is 241 g/mol. The van der Waals surface area contributed by atoms with Crippen molar-refractivity contribution in [1.29, 1.82) is 0 Å². The number of carbonyl (C=O) groups is 1. The molecule has 0 aliphatic rings. The minimum atomic E-state index is -0.671. The summed E-state index contributed by atoms with van der Waals surface area (Å²) >= 11 is 0. The second-order valence-corrected chi connectivity index (χ2v) is 3.86. The maximum atomic E-state index is 12.2. The number of rotatable bonds is 5. The second kappa shape index (κ2) is 5.98. The Morgan fingerprint density at radius 3 is 2.11 bits per heavy atom. The van der Waals surface area contributed by atoms with Gasteiger partial charge < -0.3 is 10.1 Å². The molecule has 1 unspecified atom stereocenters. The van der Waals surface area contributed by atoms with Crippen LogP contribution in [0.5, 0.6) is 0 Å². The highest BCUT2D eigenvalue weighted by Gasteiger charge is 2.18. The number of para-hydroxylation sites is 1. The lowest BCUT2D eigenvalue weighted by Gasteiger charge is -2.17. The van der Waals surface area contributed by atoms with Crippen molar-refractivity contribution in [2.24, 2.45) is 0 Å². The standard InChI is InChI=1S/C15H15NO2/c1-18-15(16-13-10-6-3-7-11-13)14(17)12-8-4-2-5-9-12/h2-11,15-16H,1H3. The number of hydrogen-bond acceptors (Lipinski definition) is 3. The fourth-order valence-electron chi connectivity index (χ4n) is 1.67. The van der Waals surface area contributed by atoms with Crippen molar-refractivity contribution in [1.82, 2.24) is 0 Å². The van der Waals surface area contributed by atoms with Gasteiger partial charge >= 0.3 is 0 Å².